The first kappa shape index (κ1) is 42.7. The first-order valence-corrected chi connectivity index (χ1v) is 22.7. The lowest BCUT2D eigenvalue weighted by Crippen LogP contribution is -2.48. The molecule has 7 aromatic rings. The van der Waals surface area contributed by atoms with Crippen LogP contribution in [0.3, 0.4) is 0 Å². The molecule has 12 heteroatoms. The molecule has 1 aliphatic heterocycles. The van der Waals surface area contributed by atoms with Crippen LogP contribution in [0.5, 0.6) is 0 Å². The number of halogens is 1. The van der Waals surface area contributed by atoms with Crippen molar-refractivity contribution < 1.29 is 26.8 Å². The highest BCUT2D eigenvalue weighted by Crippen LogP contribution is 2.47. The summed E-state index contributed by atoms with van der Waals surface area (Å²) in [5, 5.41) is 0. The number of aromatic amines is 1. The Hall–Kier alpha value is -5.99. The number of hydrogen-bond donors (Lipinski definition) is 1. The number of ether oxygens (including phenoxy) is 3. The van der Waals surface area contributed by atoms with E-state index in [0.29, 0.717) is 0 Å². The number of rotatable bonds is 15. The number of hydrogen-bond acceptors (Lipinski definition) is 8. The standard InChI is InChI=1S/C50H43BrN2O8S/c1-62(56,57)61-45-44(60-50(40-26-14-5-15-27-40,41-28-16-6-17-29-41)42-30-18-7-19-31-42)43(59-47(45)53-34-36(32-33-51)46(54)52-48(53)55)35-58-49(37-20-8-2-9-21-37,38-22-10-3-11-23-38)39-24-12-4-13-25-39/h2-34,43-45,47H,35H2,1H3,(H,52,54,55)/t43-,44-,45-,47-/m1/s1. The molecule has 0 amide bonds. The smallest absolute Gasteiger partial charge is 0.330 e. The Morgan fingerprint density at radius 2 is 1.02 bits per heavy atom. The van der Waals surface area contributed by atoms with E-state index in [0.717, 1.165) is 44.2 Å². The first-order valence-electron chi connectivity index (χ1n) is 19.9. The van der Waals surface area contributed by atoms with E-state index in [1.54, 1.807) is 0 Å². The first-order chi connectivity index (χ1) is 30.1. The molecule has 62 heavy (non-hydrogen) atoms. The van der Waals surface area contributed by atoms with E-state index in [9.17, 15) is 18.0 Å². The molecule has 6 aromatic carbocycles. The van der Waals surface area contributed by atoms with Gasteiger partial charge in [-0.1, -0.05) is 198 Å². The van der Waals surface area contributed by atoms with E-state index in [1.807, 2.05) is 182 Å². The molecule has 0 radical (unpaired) electrons. The minimum atomic E-state index is -4.28. The zero-order valence-electron chi connectivity index (χ0n) is 33.6. The Morgan fingerprint density at radius 3 is 1.39 bits per heavy atom. The fourth-order valence-electron chi connectivity index (χ4n) is 8.29. The predicted octanol–water partition coefficient (Wildman–Crippen LogP) is 8.53. The molecule has 1 fully saturated rings. The monoisotopic (exact) mass is 910 g/mol. The highest BCUT2D eigenvalue weighted by molar-refractivity contribution is 9.11. The Bertz CT molecular complexity index is 2630. The third kappa shape index (κ3) is 8.58. The van der Waals surface area contributed by atoms with Gasteiger partial charge in [-0.05, 0) is 44.4 Å². The molecule has 0 bridgehead atoms. The largest absolute Gasteiger partial charge is 0.358 e. The van der Waals surface area contributed by atoms with Crippen LogP contribution in [0.4, 0.5) is 0 Å². The SMILES string of the molecule is CS(=O)(=O)O[C@@H]1[C@H](OC(c2ccccc2)(c2ccccc2)c2ccccc2)[C@@H](COC(c2ccccc2)(c2ccccc2)c2ccccc2)O[C@H]1n1cc(C=CBr)c(=O)[nH]c1=O. The number of nitrogens with one attached hydrogen (secondary N) is 1. The van der Waals surface area contributed by atoms with E-state index in [4.69, 9.17) is 18.4 Å². The molecule has 1 aliphatic rings. The van der Waals surface area contributed by atoms with Crippen LogP contribution in [0.2, 0.25) is 0 Å². The van der Waals surface area contributed by atoms with Gasteiger partial charge in [0.05, 0.1) is 18.4 Å². The third-order valence-corrected chi connectivity index (χ3v) is 11.8. The van der Waals surface area contributed by atoms with Crippen molar-refractivity contribution in [2.75, 3.05) is 12.9 Å². The normalized spacial score (nSPS) is 18.2. The van der Waals surface area contributed by atoms with Crippen LogP contribution < -0.4 is 11.2 Å². The van der Waals surface area contributed by atoms with Crippen molar-refractivity contribution in [2.45, 2.75) is 35.7 Å². The van der Waals surface area contributed by atoms with Gasteiger partial charge >= 0.3 is 5.69 Å². The maximum atomic E-state index is 13.8. The highest BCUT2D eigenvalue weighted by Gasteiger charge is 2.55. The van der Waals surface area contributed by atoms with E-state index in [2.05, 4.69) is 20.9 Å². The average molecular weight is 912 g/mol. The summed E-state index contributed by atoms with van der Waals surface area (Å²) in [5.41, 5.74) is 0.648. The molecule has 4 atom stereocenters. The molecular formula is C50H43BrN2O8S. The molecule has 0 saturated carbocycles. The van der Waals surface area contributed by atoms with Crippen molar-refractivity contribution in [1.29, 1.82) is 0 Å². The van der Waals surface area contributed by atoms with Crippen LogP contribution in [0.1, 0.15) is 45.2 Å². The summed E-state index contributed by atoms with van der Waals surface area (Å²) < 4.78 is 55.9. The van der Waals surface area contributed by atoms with Crippen LogP contribution in [0.25, 0.3) is 6.08 Å². The summed E-state index contributed by atoms with van der Waals surface area (Å²) in [7, 11) is -4.28. The fourth-order valence-corrected chi connectivity index (χ4v) is 9.18. The lowest BCUT2D eigenvalue weighted by atomic mass is 9.79. The van der Waals surface area contributed by atoms with Gasteiger partial charge in [0.15, 0.2) is 12.3 Å². The fraction of sp³-hybridized carbons (Fsp3) is 0.160. The van der Waals surface area contributed by atoms with Crippen LogP contribution in [-0.2, 0) is 39.7 Å². The van der Waals surface area contributed by atoms with Crippen molar-refractivity contribution >= 4 is 32.1 Å². The van der Waals surface area contributed by atoms with Crippen LogP contribution in [0.15, 0.2) is 203 Å². The summed E-state index contributed by atoms with van der Waals surface area (Å²) >= 11 is 3.22. The summed E-state index contributed by atoms with van der Waals surface area (Å²) in [6.07, 6.45) is -1.64. The van der Waals surface area contributed by atoms with Gasteiger partial charge in [0.25, 0.3) is 15.7 Å². The molecule has 1 aromatic heterocycles. The van der Waals surface area contributed by atoms with Crippen LogP contribution in [-0.4, -0.2) is 49.1 Å². The maximum absolute atomic E-state index is 13.8. The summed E-state index contributed by atoms with van der Waals surface area (Å²) in [6, 6.07) is 58.3. The minimum Gasteiger partial charge on any atom is -0.358 e. The number of aromatic nitrogens is 2. The van der Waals surface area contributed by atoms with Crippen molar-refractivity contribution in [1.82, 2.24) is 9.55 Å². The lowest BCUT2D eigenvalue weighted by Gasteiger charge is -2.41. The minimum absolute atomic E-state index is 0.101. The van der Waals surface area contributed by atoms with Gasteiger partial charge in [0.1, 0.15) is 23.4 Å². The molecule has 1 N–H and O–H groups in total. The summed E-state index contributed by atoms with van der Waals surface area (Å²) in [5.74, 6) is 0. The van der Waals surface area contributed by atoms with Gasteiger partial charge in [0, 0.05) is 6.20 Å². The number of nitrogens with zero attached hydrogens (tertiary/aromatic N) is 1. The van der Waals surface area contributed by atoms with Gasteiger partial charge in [-0.2, -0.15) is 8.42 Å². The second-order valence-electron chi connectivity index (χ2n) is 14.8. The van der Waals surface area contributed by atoms with E-state index >= 15 is 0 Å². The predicted molar refractivity (Wildman–Crippen MR) is 242 cm³/mol. The van der Waals surface area contributed by atoms with Gasteiger partial charge in [0.2, 0.25) is 0 Å². The van der Waals surface area contributed by atoms with Crippen LogP contribution >= 0.6 is 15.9 Å². The van der Waals surface area contributed by atoms with Gasteiger partial charge in [-0.3, -0.25) is 18.5 Å². The molecule has 0 unspecified atom stereocenters. The van der Waals surface area contributed by atoms with Crippen LogP contribution in [0, 0.1) is 0 Å². The molecule has 1 saturated heterocycles. The van der Waals surface area contributed by atoms with Gasteiger partial charge in [-0.15, -0.1) is 0 Å². The van der Waals surface area contributed by atoms with E-state index < -0.39 is 57.1 Å². The Labute approximate surface area is 368 Å². The second kappa shape index (κ2) is 18.5. The molecular weight excluding hydrogens is 869 g/mol. The number of benzene rings is 6. The summed E-state index contributed by atoms with van der Waals surface area (Å²) in [4.78, 5) is 30.6. The zero-order chi connectivity index (χ0) is 43.2. The third-order valence-electron chi connectivity index (χ3n) is 10.9. The maximum Gasteiger partial charge on any atom is 0.330 e. The average Bonchev–Trinajstić information content (AvgIpc) is 3.62. The molecule has 314 valence electrons. The van der Waals surface area contributed by atoms with Crippen molar-refractivity contribution in [2.24, 2.45) is 0 Å². The molecule has 2 heterocycles. The lowest BCUT2D eigenvalue weighted by molar-refractivity contribution is -0.130. The Morgan fingerprint density at radius 1 is 0.629 bits per heavy atom. The molecule has 10 nitrogen and oxygen atoms in total. The highest BCUT2D eigenvalue weighted by atomic mass is 79.9. The molecule has 8 rings (SSSR count). The Balaban J connectivity index is 1.37. The van der Waals surface area contributed by atoms with Gasteiger partial charge < -0.3 is 14.2 Å². The van der Waals surface area contributed by atoms with Crippen molar-refractivity contribution in [3.05, 3.63) is 253 Å². The number of H-pyrrole nitrogens is 1. The zero-order valence-corrected chi connectivity index (χ0v) is 36.0. The van der Waals surface area contributed by atoms with E-state index in [-0.39, 0.29) is 12.2 Å². The quantitative estimate of drug-likeness (QED) is 0.0802. The molecule has 0 spiro atoms. The van der Waals surface area contributed by atoms with Gasteiger partial charge in [-0.25, -0.2) is 4.79 Å². The topological polar surface area (TPSA) is 126 Å². The second-order valence-corrected chi connectivity index (χ2v) is 17.0. The summed E-state index contributed by atoms with van der Waals surface area (Å²) in [6.45, 7) is -0.204. The molecule has 0 aliphatic carbocycles. The van der Waals surface area contributed by atoms with Crippen molar-refractivity contribution in [3.8, 4) is 0 Å². The van der Waals surface area contributed by atoms with E-state index in [1.165, 1.54) is 17.3 Å². The van der Waals surface area contributed by atoms with Crippen molar-refractivity contribution in [3.63, 3.8) is 0 Å². The Kier molecular flexibility index (Phi) is 12.8.